The summed E-state index contributed by atoms with van der Waals surface area (Å²) >= 11 is 0. The quantitative estimate of drug-likeness (QED) is 0.249. The molecule has 0 heterocycles. The van der Waals surface area contributed by atoms with Crippen LogP contribution in [0.25, 0.3) is 0 Å². The maximum absolute atomic E-state index is 9.84. The number of carbonyl (C=O) groups is 1. The number of methoxy groups -OCH3 is 1. The summed E-state index contributed by atoms with van der Waals surface area (Å²) in [5.41, 5.74) is 0. The van der Waals surface area contributed by atoms with Crippen LogP contribution in [0.4, 0.5) is 0 Å². The monoisotopic (exact) mass is 97.1 g/mol. The fraction of sp³-hybridized carbons (Fsp3) is 0.250. The third-order valence-electron chi connectivity index (χ3n) is 0.368. The van der Waals surface area contributed by atoms with E-state index in [4.69, 9.17) is 0 Å². The van der Waals surface area contributed by atoms with Crippen LogP contribution in [-0.2, 0) is 9.53 Å². The fourth-order valence-electron chi connectivity index (χ4n) is 0.0833. The zero-order chi connectivity index (χ0) is 4.99. The van der Waals surface area contributed by atoms with Gasteiger partial charge >= 0.3 is 16.1 Å². The van der Waals surface area contributed by atoms with Crippen molar-refractivity contribution in [2.24, 2.45) is 0 Å². The van der Waals surface area contributed by atoms with E-state index in [-0.39, 0.29) is 10.1 Å². The average molecular weight is 97.1 g/mol. The molecule has 0 spiro atoms. The first-order valence-electron chi connectivity index (χ1n) is 1.51. The standard InChI is InChI=1S/C4H6O2.Be.2H/c1-3-4(5)6-2;;;/h3H,1H2,2H3;;;. The SMILES string of the molecule is C=CC(=O)OC.[BeH2]. The Hall–Kier alpha value is -0.621. The van der Waals surface area contributed by atoms with Crippen LogP contribution in [0.3, 0.4) is 0 Å². The minimum atomic E-state index is -0.394. The van der Waals surface area contributed by atoms with Gasteiger partial charge in [0.2, 0.25) is 0 Å². The molecule has 0 radical (unpaired) electrons. The molecule has 0 atom stereocenters. The predicted octanol–water partition coefficient (Wildman–Crippen LogP) is -0.571. The van der Waals surface area contributed by atoms with Crippen LogP contribution in [0.15, 0.2) is 12.7 Å². The molecule has 7 heavy (non-hydrogen) atoms. The fourth-order valence-corrected chi connectivity index (χ4v) is 0.0833. The van der Waals surface area contributed by atoms with E-state index in [1.165, 1.54) is 7.11 Å². The summed E-state index contributed by atoms with van der Waals surface area (Å²) in [7, 11) is 1.31. The third-order valence-corrected chi connectivity index (χ3v) is 0.368. The Morgan fingerprint density at radius 2 is 2.29 bits per heavy atom. The van der Waals surface area contributed by atoms with Gasteiger partial charge < -0.3 is 4.74 Å². The van der Waals surface area contributed by atoms with Gasteiger partial charge in [-0.25, -0.2) is 4.79 Å². The van der Waals surface area contributed by atoms with Crippen molar-refractivity contribution < 1.29 is 9.53 Å². The first-order valence-corrected chi connectivity index (χ1v) is 1.51. The molecule has 0 aromatic carbocycles. The zero-order valence-electron chi connectivity index (χ0n) is 3.60. The average Bonchev–Trinajstić information content (AvgIpc) is 1.65. The molecule has 0 aliphatic carbocycles. The first kappa shape index (κ1) is 9.62. The van der Waals surface area contributed by atoms with Gasteiger partial charge in [0.15, 0.2) is 0 Å². The molecule has 0 aliphatic heterocycles. The van der Waals surface area contributed by atoms with Crippen molar-refractivity contribution in [3.63, 3.8) is 0 Å². The number of hydrogen-bond acceptors (Lipinski definition) is 2. The predicted molar refractivity (Wildman–Crippen MR) is 30.8 cm³/mol. The second kappa shape index (κ2) is 5.38. The zero-order valence-corrected chi connectivity index (χ0v) is 3.60. The molecule has 3 heteroatoms. The maximum atomic E-state index is 9.84. The van der Waals surface area contributed by atoms with Crippen LogP contribution < -0.4 is 0 Å². The Kier molecular flexibility index (Phi) is 7.40. The molecule has 0 aromatic heterocycles. The third kappa shape index (κ3) is 5.38. The normalized spacial score (nSPS) is 5.86. The van der Waals surface area contributed by atoms with E-state index < -0.39 is 5.97 Å². The second-order valence-electron chi connectivity index (χ2n) is 0.727. The van der Waals surface area contributed by atoms with E-state index in [9.17, 15) is 4.79 Å². The molecule has 0 rings (SSSR count). The number of carbonyl (C=O) groups excluding carboxylic acids is 1. The Balaban J connectivity index is 0. The van der Waals surface area contributed by atoms with Crippen LogP contribution in [0.2, 0.25) is 0 Å². The van der Waals surface area contributed by atoms with Crippen LogP contribution in [0.5, 0.6) is 0 Å². The summed E-state index contributed by atoms with van der Waals surface area (Å²) in [6, 6.07) is 0. The van der Waals surface area contributed by atoms with E-state index in [2.05, 4.69) is 11.3 Å². The summed E-state index contributed by atoms with van der Waals surface area (Å²) in [5.74, 6) is -0.394. The van der Waals surface area contributed by atoms with Crippen molar-refractivity contribution in [3.8, 4) is 0 Å². The number of ether oxygens (including phenoxy) is 1. The van der Waals surface area contributed by atoms with Crippen molar-refractivity contribution in [2.75, 3.05) is 7.11 Å². The Labute approximate surface area is 46.4 Å². The topological polar surface area (TPSA) is 26.3 Å². The van der Waals surface area contributed by atoms with E-state index in [1.54, 1.807) is 0 Å². The molecular formula is C4H8BeO2. The van der Waals surface area contributed by atoms with Gasteiger partial charge in [0.05, 0.1) is 7.11 Å². The molecule has 0 aromatic rings. The van der Waals surface area contributed by atoms with Crippen LogP contribution in [0.1, 0.15) is 0 Å². The molecule has 0 amide bonds. The molecule has 0 bridgehead atoms. The van der Waals surface area contributed by atoms with E-state index >= 15 is 0 Å². The van der Waals surface area contributed by atoms with Crippen molar-refractivity contribution in [1.82, 2.24) is 0 Å². The molecule has 0 saturated carbocycles. The van der Waals surface area contributed by atoms with Gasteiger partial charge in [-0.3, -0.25) is 0 Å². The van der Waals surface area contributed by atoms with Gasteiger partial charge in [-0.1, -0.05) is 6.58 Å². The molecular weight excluding hydrogens is 89.1 g/mol. The van der Waals surface area contributed by atoms with Crippen molar-refractivity contribution in [3.05, 3.63) is 12.7 Å². The summed E-state index contributed by atoms with van der Waals surface area (Å²) < 4.78 is 4.14. The van der Waals surface area contributed by atoms with Crippen molar-refractivity contribution in [1.29, 1.82) is 0 Å². The van der Waals surface area contributed by atoms with Gasteiger partial charge in [-0.2, -0.15) is 0 Å². The summed E-state index contributed by atoms with van der Waals surface area (Å²) in [6.07, 6.45) is 1.11. The van der Waals surface area contributed by atoms with Crippen molar-refractivity contribution >= 4 is 16.1 Å². The van der Waals surface area contributed by atoms with Crippen LogP contribution in [0, 0.1) is 0 Å². The van der Waals surface area contributed by atoms with Crippen molar-refractivity contribution in [2.45, 2.75) is 0 Å². The van der Waals surface area contributed by atoms with Gasteiger partial charge in [0.1, 0.15) is 0 Å². The van der Waals surface area contributed by atoms with Gasteiger partial charge in [0.25, 0.3) is 0 Å². The first-order chi connectivity index (χ1) is 2.81. The van der Waals surface area contributed by atoms with Crippen LogP contribution in [-0.4, -0.2) is 23.2 Å². The summed E-state index contributed by atoms with van der Waals surface area (Å²) in [5, 5.41) is 0. The number of rotatable bonds is 1. The van der Waals surface area contributed by atoms with Gasteiger partial charge in [-0.15, -0.1) is 0 Å². The Morgan fingerprint density at radius 3 is 2.29 bits per heavy atom. The summed E-state index contributed by atoms with van der Waals surface area (Å²) in [4.78, 5) is 9.84. The Bertz CT molecular complexity index is 70.1. The summed E-state index contributed by atoms with van der Waals surface area (Å²) in [6.45, 7) is 3.16. The molecule has 0 unspecified atom stereocenters. The van der Waals surface area contributed by atoms with E-state index in [1.807, 2.05) is 0 Å². The molecule has 0 N–H and O–H groups in total. The number of esters is 1. The van der Waals surface area contributed by atoms with Gasteiger partial charge in [0, 0.05) is 6.08 Å². The van der Waals surface area contributed by atoms with E-state index in [0.717, 1.165) is 6.08 Å². The van der Waals surface area contributed by atoms with Crippen LogP contribution >= 0.6 is 0 Å². The molecule has 38 valence electrons. The number of hydrogen-bond donors (Lipinski definition) is 0. The molecule has 0 fully saturated rings. The Morgan fingerprint density at radius 1 is 1.86 bits per heavy atom. The molecule has 0 aliphatic rings. The minimum absolute atomic E-state index is 0. The van der Waals surface area contributed by atoms with Gasteiger partial charge in [-0.05, 0) is 0 Å². The molecule has 0 saturated heterocycles. The molecule has 2 nitrogen and oxygen atoms in total. The second-order valence-corrected chi connectivity index (χ2v) is 0.727. The van der Waals surface area contributed by atoms with E-state index in [0.29, 0.717) is 0 Å².